The summed E-state index contributed by atoms with van der Waals surface area (Å²) in [7, 11) is 0. The summed E-state index contributed by atoms with van der Waals surface area (Å²) in [5, 5.41) is 13.2. The van der Waals surface area contributed by atoms with Gasteiger partial charge in [0.1, 0.15) is 5.54 Å². The van der Waals surface area contributed by atoms with E-state index in [1.54, 1.807) is 0 Å². The summed E-state index contributed by atoms with van der Waals surface area (Å²) in [6, 6.07) is 12.5. The van der Waals surface area contributed by atoms with Crippen molar-refractivity contribution in [3.63, 3.8) is 0 Å². The lowest BCUT2D eigenvalue weighted by atomic mass is 9.88. The van der Waals surface area contributed by atoms with E-state index in [1.165, 1.54) is 25.7 Å². The number of hydrogen-bond donors (Lipinski definition) is 1. The predicted molar refractivity (Wildman–Crippen MR) is 84.9 cm³/mol. The molecule has 3 nitrogen and oxygen atoms in total. The van der Waals surface area contributed by atoms with E-state index in [-0.39, 0.29) is 0 Å². The van der Waals surface area contributed by atoms with E-state index in [9.17, 15) is 5.26 Å². The van der Waals surface area contributed by atoms with Crippen LogP contribution in [0.4, 0.5) is 0 Å². The smallest absolute Gasteiger partial charge is 0.134 e. The minimum absolute atomic E-state index is 0.406. The van der Waals surface area contributed by atoms with E-state index in [2.05, 4.69) is 18.3 Å². The second kappa shape index (κ2) is 8.17. The van der Waals surface area contributed by atoms with Crippen LogP contribution in [0.3, 0.4) is 0 Å². The normalized spacial score (nSPS) is 18.3. The molecule has 1 fully saturated rings. The molecule has 1 unspecified atom stereocenters. The summed E-state index contributed by atoms with van der Waals surface area (Å²) in [6.45, 7) is 3.60. The maximum absolute atomic E-state index is 9.78. The Morgan fingerprint density at radius 1 is 1.29 bits per heavy atom. The summed E-state index contributed by atoms with van der Waals surface area (Å²) < 4.78 is 5.97. The molecule has 1 aliphatic carbocycles. The van der Waals surface area contributed by atoms with Gasteiger partial charge in [-0.05, 0) is 31.4 Å². The van der Waals surface area contributed by atoms with Crippen LogP contribution >= 0.6 is 0 Å². The highest BCUT2D eigenvalue weighted by Gasteiger charge is 2.31. The lowest BCUT2D eigenvalue weighted by molar-refractivity contribution is 0.0469. The zero-order valence-electron chi connectivity index (χ0n) is 13.0. The Morgan fingerprint density at radius 3 is 2.62 bits per heavy atom. The molecule has 1 aliphatic rings. The fourth-order valence-electron chi connectivity index (χ4n) is 2.99. The van der Waals surface area contributed by atoms with Crippen molar-refractivity contribution in [3.05, 3.63) is 35.9 Å². The molecule has 114 valence electrons. The van der Waals surface area contributed by atoms with Crippen molar-refractivity contribution in [1.82, 2.24) is 5.32 Å². The van der Waals surface area contributed by atoms with Crippen LogP contribution in [0.1, 0.15) is 51.0 Å². The lowest BCUT2D eigenvalue weighted by Gasteiger charge is -2.29. The number of nitrogens with one attached hydrogen (secondary N) is 1. The molecule has 0 saturated heterocycles. The van der Waals surface area contributed by atoms with Gasteiger partial charge in [0.15, 0.2) is 0 Å². The van der Waals surface area contributed by atoms with E-state index in [0.717, 1.165) is 18.5 Å². The van der Waals surface area contributed by atoms with Crippen LogP contribution in [-0.2, 0) is 10.3 Å². The molecule has 0 amide bonds. The van der Waals surface area contributed by atoms with E-state index in [0.29, 0.717) is 19.1 Å². The summed E-state index contributed by atoms with van der Waals surface area (Å²) >= 11 is 0. The van der Waals surface area contributed by atoms with Gasteiger partial charge in [-0.3, -0.25) is 5.32 Å². The molecule has 21 heavy (non-hydrogen) atoms. The van der Waals surface area contributed by atoms with Crippen LogP contribution in [0.15, 0.2) is 30.3 Å². The molecule has 0 bridgehead atoms. The number of hydrogen-bond acceptors (Lipinski definition) is 3. The number of benzene rings is 1. The van der Waals surface area contributed by atoms with Gasteiger partial charge in [0.2, 0.25) is 0 Å². The number of rotatable bonds is 8. The molecular formula is C18H26N2O. The summed E-state index contributed by atoms with van der Waals surface area (Å²) in [5.74, 6) is 0. The van der Waals surface area contributed by atoms with Crippen molar-refractivity contribution in [2.24, 2.45) is 0 Å². The molecular weight excluding hydrogens is 260 g/mol. The van der Waals surface area contributed by atoms with Gasteiger partial charge in [-0.25, -0.2) is 0 Å². The number of nitriles is 1. The summed E-state index contributed by atoms with van der Waals surface area (Å²) in [6.07, 6.45) is 7.02. The van der Waals surface area contributed by atoms with Gasteiger partial charge in [0, 0.05) is 6.42 Å². The van der Waals surface area contributed by atoms with Crippen molar-refractivity contribution in [2.75, 3.05) is 13.2 Å². The second-order valence-electron chi connectivity index (χ2n) is 5.84. The van der Waals surface area contributed by atoms with Gasteiger partial charge >= 0.3 is 0 Å². The molecule has 2 rings (SSSR count). The van der Waals surface area contributed by atoms with Crippen molar-refractivity contribution in [2.45, 2.75) is 57.1 Å². The largest absolute Gasteiger partial charge is 0.378 e. The Morgan fingerprint density at radius 2 is 2.00 bits per heavy atom. The van der Waals surface area contributed by atoms with Crippen molar-refractivity contribution >= 4 is 0 Å². The topological polar surface area (TPSA) is 45.0 Å². The van der Waals surface area contributed by atoms with E-state index in [4.69, 9.17) is 4.74 Å². The fraction of sp³-hybridized carbons (Fsp3) is 0.611. The van der Waals surface area contributed by atoms with Crippen molar-refractivity contribution in [3.8, 4) is 6.07 Å². The molecule has 0 radical (unpaired) electrons. The molecule has 0 aromatic heterocycles. The monoisotopic (exact) mass is 286 g/mol. The number of nitrogens with zero attached hydrogens (tertiary/aromatic N) is 1. The minimum Gasteiger partial charge on any atom is -0.378 e. The van der Waals surface area contributed by atoms with E-state index >= 15 is 0 Å². The molecule has 0 aliphatic heterocycles. The molecule has 1 saturated carbocycles. The Kier molecular flexibility index (Phi) is 6.22. The van der Waals surface area contributed by atoms with Crippen molar-refractivity contribution in [1.29, 1.82) is 5.26 Å². The van der Waals surface area contributed by atoms with Gasteiger partial charge in [-0.1, -0.05) is 50.1 Å². The van der Waals surface area contributed by atoms with Gasteiger partial charge in [-0.15, -0.1) is 0 Å². The van der Waals surface area contributed by atoms with Crippen LogP contribution in [0.5, 0.6) is 0 Å². The highest BCUT2D eigenvalue weighted by Crippen LogP contribution is 2.26. The minimum atomic E-state index is -0.629. The van der Waals surface area contributed by atoms with Crippen LogP contribution in [0.25, 0.3) is 0 Å². The van der Waals surface area contributed by atoms with Gasteiger partial charge in [0.25, 0.3) is 0 Å². The van der Waals surface area contributed by atoms with Crippen LogP contribution in [-0.4, -0.2) is 19.3 Å². The van der Waals surface area contributed by atoms with Gasteiger partial charge in [-0.2, -0.15) is 5.26 Å². The third-order valence-electron chi connectivity index (χ3n) is 4.27. The molecule has 0 spiro atoms. The fourth-order valence-corrected chi connectivity index (χ4v) is 2.99. The highest BCUT2D eigenvalue weighted by molar-refractivity contribution is 5.31. The number of ether oxygens (including phenoxy) is 1. The zero-order valence-corrected chi connectivity index (χ0v) is 13.0. The highest BCUT2D eigenvalue weighted by atomic mass is 16.5. The maximum atomic E-state index is 9.78. The standard InChI is InChI=1S/C18H26N2O/c1-2-13-20-18(15-19,16-8-4-3-5-9-16)12-14-21-17-10-6-7-11-17/h3-5,8-9,17,20H,2,6-7,10-14H2,1H3. The second-order valence-corrected chi connectivity index (χ2v) is 5.84. The van der Waals surface area contributed by atoms with Crippen LogP contribution < -0.4 is 5.32 Å². The molecule has 1 aromatic carbocycles. The molecule has 3 heteroatoms. The SMILES string of the molecule is CCCNC(C#N)(CCOC1CCCC1)c1ccccc1. The first-order valence-electron chi connectivity index (χ1n) is 8.14. The first-order valence-corrected chi connectivity index (χ1v) is 8.14. The van der Waals surface area contributed by atoms with Crippen LogP contribution in [0.2, 0.25) is 0 Å². The Hall–Kier alpha value is -1.37. The first-order chi connectivity index (χ1) is 10.3. The van der Waals surface area contributed by atoms with Crippen molar-refractivity contribution < 1.29 is 4.74 Å². The van der Waals surface area contributed by atoms with Crippen LogP contribution in [0, 0.1) is 11.3 Å². The lowest BCUT2D eigenvalue weighted by Crippen LogP contribution is -2.42. The van der Waals surface area contributed by atoms with E-state index in [1.807, 2.05) is 30.3 Å². The summed E-state index contributed by atoms with van der Waals surface area (Å²) in [4.78, 5) is 0. The van der Waals surface area contributed by atoms with Gasteiger partial charge in [0.05, 0.1) is 18.8 Å². The third-order valence-corrected chi connectivity index (χ3v) is 4.27. The third kappa shape index (κ3) is 4.30. The Balaban J connectivity index is 2.02. The van der Waals surface area contributed by atoms with E-state index < -0.39 is 5.54 Å². The molecule has 0 heterocycles. The Labute approximate surface area is 128 Å². The first kappa shape index (κ1) is 16.0. The summed E-state index contributed by atoms with van der Waals surface area (Å²) in [5.41, 5.74) is 0.409. The quantitative estimate of drug-likeness (QED) is 0.791. The molecule has 1 atom stereocenters. The average Bonchev–Trinajstić information content (AvgIpc) is 3.05. The average molecular weight is 286 g/mol. The van der Waals surface area contributed by atoms with Gasteiger partial charge < -0.3 is 4.74 Å². The maximum Gasteiger partial charge on any atom is 0.134 e. The predicted octanol–water partition coefficient (Wildman–Crippen LogP) is 3.75. The Bertz CT molecular complexity index is 448. The zero-order chi connectivity index (χ0) is 15.0. The molecule has 1 aromatic rings. The molecule has 1 N–H and O–H groups in total.